The van der Waals surface area contributed by atoms with Crippen molar-refractivity contribution in [2.45, 2.75) is 12.6 Å². The summed E-state index contributed by atoms with van der Waals surface area (Å²) in [6, 6.07) is 4.67. The lowest BCUT2D eigenvalue weighted by molar-refractivity contribution is -0.156. The molecule has 1 heterocycles. The van der Waals surface area contributed by atoms with Crippen molar-refractivity contribution in [3.63, 3.8) is 0 Å². The van der Waals surface area contributed by atoms with E-state index in [0.29, 0.717) is 30.7 Å². The number of benzene rings is 1. The van der Waals surface area contributed by atoms with E-state index in [-0.39, 0.29) is 5.82 Å². The maximum absolute atomic E-state index is 13.2. The average Bonchev–Trinajstić information content (AvgIpc) is 2.27. The van der Waals surface area contributed by atoms with Crippen molar-refractivity contribution in [2.75, 3.05) is 19.7 Å². The molecule has 6 heteroatoms. The number of hydrogen-bond donors (Lipinski definition) is 1. The van der Waals surface area contributed by atoms with Crippen molar-refractivity contribution in [1.82, 2.24) is 4.90 Å². The lowest BCUT2D eigenvalue weighted by Crippen LogP contribution is -2.45. The van der Waals surface area contributed by atoms with E-state index in [1.54, 1.807) is 0 Å². The third kappa shape index (κ3) is 3.51. The SMILES string of the molecule is O=C(O)C1CN(Cc2cc(F)cc(Br)c2)CCO1. The highest BCUT2D eigenvalue weighted by Crippen LogP contribution is 2.17. The fourth-order valence-corrected chi connectivity index (χ4v) is 2.47. The van der Waals surface area contributed by atoms with Crippen LogP contribution in [0.3, 0.4) is 0 Å². The molecule has 1 N–H and O–H groups in total. The van der Waals surface area contributed by atoms with E-state index in [1.165, 1.54) is 12.1 Å². The molecule has 1 aliphatic rings. The number of ether oxygens (including phenoxy) is 1. The molecule has 1 aromatic rings. The Morgan fingerprint density at radius 3 is 3.00 bits per heavy atom. The Morgan fingerprint density at radius 2 is 2.33 bits per heavy atom. The summed E-state index contributed by atoms with van der Waals surface area (Å²) in [6.07, 6.45) is -0.796. The first kappa shape index (κ1) is 13.5. The van der Waals surface area contributed by atoms with Crippen LogP contribution in [0.25, 0.3) is 0 Å². The molecule has 1 fully saturated rings. The second kappa shape index (κ2) is 5.77. The number of rotatable bonds is 3. The van der Waals surface area contributed by atoms with E-state index in [9.17, 15) is 9.18 Å². The van der Waals surface area contributed by atoms with E-state index in [1.807, 2.05) is 11.0 Å². The highest BCUT2D eigenvalue weighted by Gasteiger charge is 2.26. The number of carboxylic acids is 1. The van der Waals surface area contributed by atoms with Crippen molar-refractivity contribution in [2.24, 2.45) is 0 Å². The van der Waals surface area contributed by atoms with Gasteiger partial charge in [-0.1, -0.05) is 15.9 Å². The largest absolute Gasteiger partial charge is 0.479 e. The molecule has 1 aromatic carbocycles. The second-order valence-corrected chi connectivity index (χ2v) is 5.13. The zero-order valence-electron chi connectivity index (χ0n) is 9.60. The Hall–Kier alpha value is -0.980. The van der Waals surface area contributed by atoms with Crippen molar-refractivity contribution in [3.8, 4) is 0 Å². The number of carboxylic acid groups (broad SMARTS) is 1. The van der Waals surface area contributed by atoms with Gasteiger partial charge >= 0.3 is 5.97 Å². The van der Waals surface area contributed by atoms with Gasteiger partial charge in [-0.25, -0.2) is 9.18 Å². The molecule has 1 aliphatic heterocycles. The number of aliphatic carboxylic acids is 1. The van der Waals surface area contributed by atoms with Gasteiger partial charge in [-0.2, -0.15) is 0 Å². The molecule has 1 unspecified atom stereocenters. The number of hydrogen-bond acceptors (Lipinski definition) is 3. The zero-order chi connectivity index (χ0) is 13.1. The normalized spacial score (nSPS) is 20.9. The van der Waals surface area contributed by atoms with E-state index in [4.69, 9.17) is 9.84 Å². The minimum atomic E-state index is -0.958. The molecule has 0 aromatic heterocycles. The summed E-state index contributed by atoms with van der Waals surface area (Å²) in [6.45, 7) is 1.87. The van der Waals surface area contributed by atoms with Gasteiger partial charge in [-0.3, -0.25) is 4.90 Å². The number of nitrogens with zero attached hydrogens (tertiary/aromatic N) is 1. The van der Waals surface area contributed by atoms with Crippen LogP contribution in [0.4, 0.5) is 4.39 Å². The van der Waals surface area contributed by atoms with E-state index >= 15 is 0 Å². The van der Waals surface area contributed by atoms with Crippen molar-refractivity contribution in [1.29, 1.82) is 0 Å². The molecular weight excluding hydrogens is 305 g/mol. The van der Waals surface area contributed by atoms with Crippen LogP contribution >= 0.6 is 15.9 Å². The van der Waals surface area contributed by atoms with Crippen LogP contribution in [0.5, 0.6) is 0 Å². The van der Waals surface area contributed by atoms with E-state index in [2.05, 4.69) is 15.9 Å². The standard InChI is InChI=1S/C12H13BrFNO3/c13-9-3-8(4-10(14)5-9)6-15-1-2-18-11(7-15)12(16)17/h3-5,11H,1-2,6-7H2,(H,16,17). The first-order chi connectivity index (χ1) is 8.54. The van der Waals surface area contributed by atoms with Crippen LogP contribution in [-0.2, 0) is 16.1 Å². The summed E-state index contributed by atoms with van der Waals surface area (Å²) >= 11 is 3.24. The molecular formula is C12H13BrFNO3. The van der Waals surface area contributed by atoms with Crippen LogP contribution in [-0.4, -0.2) is 41.8 Å². The minimum absolute atomic E-state index is 0.303. The van der Waals surface area contributed by atoms with Crippen molar-refractivity contribution < 1.29 is 19.0 Å². The summed E-state index contributed by atoms with van der Waals surface area (Å²) < 4.78 is 19.0. The monoisotopic (exact) mass is 317 g/mol. The molecule has 0 aliphatic carbocycles. The molecule has 0 spiro atoms. The first-order valence-corrected chi connectivity index (χ1v) is 6.35. The zero-order valence-corrected chi connectivity index (χ0v) is 11.2. The van der Waals surface area contributed by atoms with Gasteiger partial charge < -0.3 is 9.84 Å². The topological polar surface area (TPSA) is 49.8 Å². The minimum Gasteiger partial charge on any atom is -0.479 e. The van der Waals surface area contributed by atoms with Crippen LogP contribution in [0, 0.1) is 5.82 Å². The summed E-state index contributed by atoms with van der Waals surface area (Å²) in [5.74, 6) is -1.26. The molecule has 0 radical (unpaired) electrons. The highest BCUT2D eigenvalue weighted by atomic mass is 79.9. The van der Waals surface area contributed by atoms with Gasteiger partial charge in [0.25, 0.3) is 0 Å². The van der Waals surface area contributed by atoms with E-state index < -0.39 is 12.1 Å². The van der Waals surface area contributed by atoms with Crippen molar-refractivity contribution >= 4 is 21.9 Å². The van der Waals surface area contributed by atoms with Gasteiger partial charge in [0.1, 0.15) is 5.82 Å². The Balaban J connectivity index is 2.02. The maximum atomic E-state index is 13.2. The smallest absolute Gasteiger partial charge is 0.334 e. The fraction of sp³-hybridized carbons (Fsp3) is 0.417. The van der Waals surface area contributed by atoms with Gasteiger partial charge in [0.05, 0.1) is 6.61 Å². The second-order valence-electron chi connectivity index (χ2n) is 4.21. The average molecular weight is 318 g/mol. The molecule has 4 nitrogen and oxygen atoms in total. The van der Waals surface area contributed by atoms with Crippen LogP contribution in [0.1, 0.15) is 5.56 Å². The summed E-state index contributed by atoms with van der Waals surface area (Å²) in [7, 11) is 0. The van der Waals surface area contributed by atoms with Crippen LogP contribution in [0.15, 0.2) is 22.7 Å². The van der Waals surface area contributed by atoms with Gasteiger partial charge in [-0.05, 0) is 23.8 Å². The third-order valence-electron chi connectivity index (χ3n) is 2.75. The quantitative estimate of drug-likeness (QED) is 0.924. The predicted octanol–water partition coefficient (Wildman–Crippen LogP) is 1.87. The number of morpholine rings is 1. The molecule has 0 saturated carbocycles. The number of carbonyl (C=O) groups is 1. The highest BCUT2D eigenvalue weighted by molar-refractivity contribution is 9.10. The number of halogens is 2. The third-order valence-corrected chi connectivity index (χ3v) is 3.21. The lowest BCUT2D eigenvalue weighted by atomic mass is 10.2. The van der Waals surface area contributed by atoms with Gasteiger partial charge in [0, 0.05) is 24.1 Å². The molecule has 1 saturated heterocycles. The first-order valence-electron chi connectivity index (χ1n) is 5.56. The Bertz CT molecular complexity index is 435. The Labute approximate surface area is 112 Å². The molecule has 1 atom stereocenters. The predicted molar refractivity (Wildman–Crippen MR) is 66.8 cm³/mol. The van der Waals surface area contributed by atoms with Crippen molar-refractivity contribution in [3.05, 3.63) is 34.1 Å². The van der Waals surface area contributed by atoms with Crippen LogP contribution < -0.4 is 0 Å². The summed E-state index contributed by atoms with van der Waals surface area (Å²) in [4.78, 5) is 12.8. The molecule has 2 rings (SSSR count). The van der Waals surface area contributed by atoms with E-state index in [0.717, 1.165) is 5.56 Å². The Morgan fingerprint density at radius 1 is 1.56 bits per heavy atom. The summed E-state index contributed by atoms with van der Waals surface area (Å²) in [5, 5.41) is 8.89. The molecule has 0 amide bonds. The fourth-order valence-electron chi connectivity index (χ4n) is 1.96. The molecule has 18 heavy (non-hydrogen) atoms. The van der Waals surface area contributed by atoms with Gasteiger partial charge in [0.2, 0.25) is 0 Å². The molecule has 0 bridgehead atoms. The van der Waals surface area contributed by atoms with Gasteiger partial charge in [-0.15, -0.1) is 0 Å². The van der Waals surface area contributed by atoms with Gasteiger partial charge in [0.15, 0.2) is 6.10 Å². The Kier molecular flexibility index (Phi) is 4.31. The van der Waals surface area contributed by atoms with Crippen LogP contribution in [0.2, 0.25) is 0 Å². The summed E-state index contributed by atoms with van der Waals surface area (Å²) in [5.41, 5.74) is 0.813. The molecule has 98 valence electrons. The maximum Gasteiger partial charge on any atom is 0.334 e. The lowest BCUT2D eigenvalue weighted by Gasteiger charge is -2.30.